The number of halogens is 1. The zero-order chi connectivity index (χ0) is 9.03. The van der Waals surface area contributed by atoms with E-state index in [1.807, 2.05) is 0 Å². The molecule has 1 fully saturated rings. The van der Waals surface area contributed by atoms with Crippen LogP contribution in [-0.2, 0) is 0 Å². The second kappa shape index (κ2) is 4.90. The van der Waals surface area contributed by atoms with Gasteiger partial charge in [-0.25, -0.2) is 0 Å². The summed E-state index contributed by atoms with van der Waals surface area (Å²) in [5.74, 6) is 3.63. The Balaban J connectivity index is 2.23. The van der Waals surface area contributed by atoms with Gasteiger partial charge >= 0.3 is 0 Å². The molecule has 0 aromatic carbocycles. The average molecular weight is 251 g/mol. The Kier molecular flexibility index (Phi) is 4.45. The summed E-state index contributed by atoms with van der Waals surface area (Å²) in [6.07, 6.45) is 4.33. The summed E-state index contributed by atoms with van der Waals surface area (Å²) in [5.41, 5.74) is 0.599. The van der Waals surface area contributed by atoms with Gasteiger partial charge in [0.1, 0.15) is 0 Å². The highest BCUT2D eigenvalue weighted by atomic mass is 79.9. The van der Waals surface area contributed by atoms with Crippen LogP contribution in [-0.4, -0.2) is 16.8 Å². The predicted molar refractivity (Wildman–Crippen MR) is 62.2 cm³/mol. The van der Waals surface area contributed by atoms with Crippen LogP contribution in [0.2, 0.25) is 0 Å². The first-order valence-electron chi connectivity index (χ1n) is 4.86. The van der Waals surface area contributed by atoms with Gasteiger partial charge in [0.15, 0.2) is 0 Å². The highest BCUT2D eigenvalue weighted by molar-refractivity contribution is 9.09. The summed E-state index contributed by atoms with van der Waals surface area (Å²) in [6, 6.07) is 0. The third-order valence-electron chi connectivity index (χ3n) is 2.89. The van der Waals surface area contributed by atoms with Crippen LogP contribution >= 0.6 is 27.7 Å². The molecule has 0 heterocycles. The minimum absolute atomic E-state index is 0.599. The Morgan fingerprint density at radius 2 is 2.17 bits per heavy atom. The molecule has 0 spiro atoms. The van der Waals surface area contributed by atoms with Crippen molar-refractivity contribution in [2.24, 2.45) is 11.3 Å². The topological polar surface area (TPSA) is 0 Å². The molecule has 0 aliphatic heterocycles. The molecule has 1 aliphatic rings. The second-order valence-electron chi connectivity index (χ2n) is 4.01. The molecule has 1 aliphatic carbocycles. The lowest BCUT2D eigenvalue weighted by atomic mass is 9.85. The molecule has 1 rings (SSSR count). The van der Waals surface area contributed by atoms with Crippen molar-refractivity contribution in [3.8, 4) is 0 Å². The number of alkyl halides is 1. The highest BCUT2D eigenvalue weighted by Crippen LogP contribution is 2.48. The summed E-state index contributed by atoms with van der Waals surface area (Å²) in [5, 5.41) is 1.19. The molecule has 0 saturated heterocycles. The predicted octanol–water partition coefficient (Wildman–Crippen LogP) is 3.94. The Morgan fingerprint density at radius 3 is 2.58 bits per heavy atom. The van der Waals surface area contributed by atoms with E-state index in [2.05, 4.69) is 41.5 Å². The molecule has 2 heteroatoms. The molecule has 0 radical (unpaired) electrons. The summed E-state index contributed by atoms with van der Waals surface area (Å²) in [4.78, 5) is 0. The Labute approximate surface area is 89.0 Å². The second-order valence-corrected chi connectivity index (χ2v) is 5.96. The molecule has 72 valence electrons. The van der Waals surface area contributed by atoms with Crippen LogP contribution in [0.5, 0.6) is 0 Å². The lowest BCUT2D eigenvalue weighted by molar-refractivity contribution is 0.311. The van der Waals surface area contributed by atoms with Crippen LogP contribution in [0.1, 0.15) is 33.1 Å². The first-order valence-corrected chi connectivity index (χ1v) is 7.14. The fraction of sp³-hybridized carbons (Fsp3) is 1.00. The van der Waals surface area contributed by atoms with Gasteiger partial charge < -0.3 is 0 Å². The van der Waals surface area contributed by atoms with Crippen molar-refractivity contribution in [1.82, 2.24) is 0 Å². The average Bonchev–Trinajstić information content (AvgIpc) is 2.87. The van der Waals surface area contributed by atoms with Crippen molar-refractivity contribution in [3.63, 3.8) is 0 Å². The normalized spacial score (nSPS) is 22.2. The van der Waals surface area contributed by atoms with E-state index in [4.69, 9.17) is 0 Å². The fourth-order valence-corrected chi connectivity index (χ4v) is 3.25. The molecular formula is C10H19BrS. The van der Waals surface area contributed by atoms with Crippen molar-refractivity contribution >= 4 is 27.7 Å². The number of thioether (sulfide) groups is 1. The largest absolute Gasteiger partial charge is 0.162 e. The van der Waals surface area contributed by atoms with Gasteiger partial charge in [0.2, 0.25) is 0 Å². The first-order chi connectivity index (χ1) is 5.73. The third kappa shape index (κ3) is 2.95. The van der Waals surface area contributed by atoms with Crippen molar-refractivity contribution in [2.75, 3.05) is 16.8 Å². The van der Waals surface area contributed by atoms with Gasteiger partial charge in [-0.05, 0) is 42.1 Å². The summed E-state index contributed by atoms with van der Waals surface area (Å²) in [6.45, 7) is 4.68. The molecule has 1 atom stereocenters. The van der Waals surface area contributed by atoms with Gasteiger partial charge in [-0.2, -0.15) is 11.8 Å². The van der Waals surface area contributed by atoms with Crippen LogP contribution in [0.25, 0.3) is 0 Å². The lowest BCUT2D eigenvalue weighted by Gasteiger charge is -2.26. The summed E-state index contributed by atoms with van der Waals surface area (Å²) in [7, 11) is 0. The van der Waals surface area contributed by atoms with Crippen LogP contribution in [0.4, 0.5) is 0 Å². The summed E-state index contributed by atoms with van der Waals surface area (Å²) < 4.78 is 0. The van der Waals surface area contributed by atoms with Crippen LogP contribution < -0.4 is 0 Å². The molecule has 0 N–H and O–H groups in total. The van der Waals surface area contributed by atoms with Crippen LogP contribution in [0.15, 0.2) is 0 Å². The quantitative estimate of drug-likeness (QED) is 0.509. The van der Waals surface area contributed by atoms with Crippen molar-refractivity contribution < 1.29 is 0 Å². The van der Waals surface area contributed by atoms with Crippen molar-refractivity contribution in [3.05, 3.63) is 0 Å². The first kappa shape index (κ1) is 10.9. The standard InChI is InChI=1S/C10H19BrS/c1-3-12-7-6-10(2,8-11)9-4-5-9/h9H,3-8H2,1-2H3. The van der Waals surface area contributed by atoms with Crippen LogP contribution in [0.3, 0.4) is 0 Å². The zero-order valence-electron chi connectivity index (χ0n) is 8.11. The maximum absolute atomic E-state index is 3.66. The maximum Gasteiger partial charge on any atom is 0.00882 e. The van der Waals surface area contributed by atoms with E-state index in [-0.39, 0.29) is 0 Å². The van der Waals surface area contributed by atoms with Crippen molar-refractivity contribution in [1.29, 1.82) is 0 Å². The molecule has 1 unspecified atom stereocenters. The Hall–Kier alpha value is 0.830. The monoisotopic (exact) mass is 250 g/mol. The Bertz CT molecular complexity index is 134. The molecule has 0 nitrogen and oxygen atoms in total. The SMILES string of the molecule is CCSCCC(C)(CBr)C1CC1. The smallest absolute Gasteiger partial charge is 0.00882 e. The third-order valence-corrected chi connectivity index (χ3v) is 5.07. The van der Waals surface area contributed by atoms with Crippen LogP contribution in [0, 0.1) is 11.3 Å². The molecule has 0 aromatic rings. The molecule has 0 amide bonds. The molecule has 0 bridgehead atoms. The fourth-order valence-electron chi connectivity index (χ4n) is 1.61. The number of hydrogen-bond donors (Lipinski definition) is 0. The van der Waals surface area contributed by atoms with Gasteiger partial charge in [-0.1, -0.05) is 29.8 Å². The summed E-state index contributed by atoms with van der Waals surface area (Å²) >= 11 is 5.73. The minimum atomic E-state index is 0.599. The number of rotatable bonds is 6. The van der Waals surface area contributed by atoms with E-state index in [9.17, 15) is 0 Å². The lowest BCUT2D eigenvalue weighted by Crippen LogP contribution is -2.21. The molecular weight excluding hydrogens is 232 g/mol. The van der Waals surface area contributed by atoms with E-state index in [0.717, 1.165) is 5.92 Å². The molecule has 1 saturated carbocycles. The van der Waals surface area contributed by atoms with E-state index in [0.29, 0.717) is 5.41 Å². The molecule has 12 heavy (non-hydrogen) atoms. The van der Waals surface area contributed by atoms with Gasteiger partial charge in [0, 0.05) is 5.33 Å². The van der Waals surface area contributed by atoms with Gasteiger partial charge in [-0.3, -0.25) is 0 Å². The number of hydrogen-bond acceptors (Lipinski definition) is 1. The highest BCUT2D eigenvalue weighted by Gasteiger charge is 2.39. The van der Waals surface area contributed by atoms with E-state index in [1.165, 1.54) is 36.1 Å². The minimum Gasteiger partial charge on any atom is -0.162 e. The zero-order valence-corrected chi connectivity index (χ0v) is 10.5. The maximum atomic E-state index is 3.66. The van der Waals surface area contributed by atoms with E-state index < -0.39 is 0 Å². The van der Waals surface area contributed by atoms with E-state index in [1.54, 1.807) is 0 Å². The van der Waals surface area contributed by atoms with Gasteiger partial charge in [0.25, 0.3) is 0 Å². The Morgan fingerprint density at radius 1 is 1.50 bits per heavy atom. The van der Waals surface area contributed by atoms with Crippen molar-refractivity contribution in [2.45, 2.75) is 33.1 Å². The van der Waals surface area contributed by atoms with Gasteiger partial charge in [-0.15, -0.1) is 0 Å². The molecule has 0 aromatic heterocycles. The van der Waals surface area contributed by atoms with Gasteiger partial charge in [0.05, 0.1) is 0 Å². The van der Waals surface area contributed by atoms with E-state index >= 15 is 0 Å².